The van der Waals surface area contributed by atoms with Gasteiger partial charge in [0.05, 0.1) is 0 Å². The molecule has 0 fully saturated rings. The summed E-state index contributed by atoms with van der Waals surface area (Å²) in [5.41, 5.74) is 0. The second-order valence-electron chi connectivity index (χ2n) is 3.61. The van der Waals surface area contributed by atoms with Gasteiger partial charge in [-0.1, -0.05) is 31.9 Å². The Balaban J connectivity index is 3.34. The number of unbranched alkanes of at least 4 members (excludes halogenated alkanes) is 3. The van der Waals surface area contributed by atoms with E-state index in [0.717, 1.165) is 19.5 Å². The fourth-order valence-electron chi connectivity index (χ4n) is 1.23. The van der Waals surface area contributed by atoms with Gasteiger partial charge in [0, 0.05) is 19.5 Å². The normalized spacial score (nSPS) is 10.7. The molecule has 2 nitrogen and oxygen atoms in total. The maximum atomic E-state index is 11.3. The number of hydrogen-bond donors (Lipinski definition) is 1. The Morgan fingerprint density at radius 2 is 2.20 bits per heavy atom. The number of nitrogens with one attached hydrogen (secondary N) is 1. The summed E-state index contributed by atoms with van der Waals surface area (Å²) in [4.78, 5) is 11.3. The second-order valence-corrected chi connectivity index (χ2v) is 3.61. The molecule has 0 bridgehead atoms. The molecule has 15 heavy (non-hydrogen) atoms. The summed E-state index contributed by atoms with van der Waals surface area (Å²) in [5, 5.41) is 3.10. The molecule has 0 aromatic rings. The first-order chi connectivity index (χ1) is 7.31. The molecule has 2 heteroatoms. The number of allylic oxidation sites excluding steroid dienone is 2. The molecule has 0 saturated heterocycles. The monoisotopic (exact) mass is 209 g/mol. The van der Waals surface area contributed by atoms with E-state index in [4.69, 9.17) is 0 Å². The van der Waals surface area contributed by atoms with E-state index >= 15 is 0 Å². The molecule has 0 rings (SSSR count). The van der Waals surface area contributed by atoms with Crippen molar-refractivity contribution in [3.8, 4) is 0 Å². The van der Waals surface area contributed by atoms with Gasteiger partial charge >= 0.3 is 0 Å². The van der Waals surface area contributed by atoms with Gasteiger partial charge < -0.3 is 5.32 Å². The van der Waals surface area contributed by atoms with Gasteiger partial charge in [-0.15, -0.1) is 6.58 Å². The van der Waals surface area contributed by atoms with Crippen LogP contribution >= 0.6 is 0 Å². The summed E-state index contributed by atoms with van der Waals surface area (Å²) in [6.45, 7) is 7.29. The van der Waals surface area contributed by atoms with Crippen molar-refractivity contribution in [1.29, 1.82) is 0 Å². The fourth-order valence-corrected chi connectivity index (χ4v) is 1.23. The zero-order valence-corrected chi connectivity index (χ0v) is 9.80. The van der Waals surface area contributed by atoms with Crippen LogP contribution in [0.1, 0.15) is 39.0 Å². The van der Waals surface area contributed by atoms with Crippen molar-refractivity contribution < 1.29 is 4.79 Å². The molecule has 0 unspecified atom stereocenters. The fraction of sp³-hybridized carbons (Fsp3) is 0.615. The quantitative estimate of drug-likeness (QED) is 0.340. The van der Waals surface area contributed by atoms with Crippen LogP contribution in [-0.4, -0.2) is 18.9 Å². The summed E-state index contributed by atoms with van der Waals surface area (Å²) in [5.74, 6) is 0.211. The largest absolute Gasteiger partial charge is 0.313 e. The molecule has 0 aliphatic carbocycles. The van der Waals surface area contributed by atoms with E-state index in [1.165, 1.54) is 19.3 Å². The first-order valence-corrected chi connectivity index (χ1v) is 5.82. The average Bonchev–Trinajstić information content (AvgIpc) is 2.24. The van der Waals surface area contributed by atoms with Gasteiger partial charge in [0.25, 0.3) is 0 Å². The Bertz CT molecular complexity index is 197. The number of hydrogen-bond acceptors (Lipinski definition) is 2. The van der Waals surface area contributed by atoms with Crippen LogP contribution in [0.4, 0.5) is 0 Å². The van der Waals surface area contributed by atoms with Crippen LogP contribution in [0.3, 0.4) is 0 Å². The number of ketones is 1. The summed E-state index contributed by atoms with van der Waals surface area (Å²) in [6, 6.07) is 0. The highest BCUT2D eigenvalue weighted by Gasteiger charge is 1.94. The predicted molar refractivity (Wildman–Crippen MR) is 66.0 cm³/mol. The van der Waals surface area contributed by atoms with Crippen LogP contribution < -0.4 is 5.32 Å². The third kappa shape index (κ3) is 11.0. The topological polar surface area (TPSA) is 29.1 Å². The zero-order chi connectivity index (χ0) is 11.4. The van der Waals surface area contributed by atoms with Crippen LogP contribution in [0.15, 0.2) is 24.8 Å². The molecule has 0 aliphatic rings. The summed E-state index contributed by atoms with van der Waals surface area (Å²) in [6.07, 6.45) is 10.8. The molecule has 0 amide bonds. The van der Waals surface area contributed by atoms with Gasteiger partial charge in [-0.3, -0.25) is 4.79 Å². The minimum atomic E-state index is 0.211. The van der Waals surface area contributed by atoms with Crippen LogP contribution in [0.25, 0.3) is 0 Å². The smallest absolute Gasteiger partial charge is 0.156 e. The zero-order valence-electron chi connectivity index (χ0n) is 9.80. The highest BCUT2D eigenvalue weighted by atomic mass is 16.1. The minimum Gasteiger partial charge on any atom is -0.313 e. The van der Waals surface area contributed by atoms with E-state index in [1.807, 2.05) is 6.08 Å². The first-order valence-electron chi connectivity index (χ1n) is 5.82. The molecular formula is C13H23NO. The molecule has 0 aromatic carbocycles. The van der Waals surface area contributed by atoms with Gasteiger partial charge in [0.1, 0.15) is 0 Å². The van der Waals surface area contributed by atoms with E-state index in [1.54, 1.807) is 12.2 Å². The third-order valence-electron chi connectivity index (χ3n) is 2.11. The lowest BCUT2D eigenvalue weighted by Crippen LogP contribution is -2.17. The molecule has 0 spiro atoms. The lowest BCUT2D eigenvalue weighted by Gasteiger charge is -1.97. The standard InChI is InChI=1S/C13H23NO/c1-3-5-6-7-8-9-13(15)10-12-14-11-4-2/h4,8-9,14H,2-3,5-7,10-12H2,1H3. The number of carbonyl (C=O) groups excluding carboxylic acids is 1. The Hall–Kier alpha value is -0.890. The van der Waals surface area contributed by atoms with Crippen LogP contribution in [0.5, 0.6) is 0 Å². The molecule has 1 N–H and O–H groups in total. The van der Waals surface area contributed by atoms with E-state index < -0.39 is 0 Å². The third-order valence-corrected chi connectivity index (χ3v) is 2.11. The van der Waals surface area contributed by atoms with Crippen molar-refractivity contribution in [2.45, 2.75) is 39.0 Å². The van der Waals surface area contributed by atoms with Crippen molar-refractivity contribution in [2.24, 2.45) is 0 Å². The molecule has 0 radical (unpaired) electrons. The predicted octanol–water partition coefficient (Wildman–Crippen LogP) is 2.86. The van der Waals surface area contributed by atoms with E-state index in [2.05, 4.69) is 18.8 Å². The maximum Gasteiger partial charge on any atom is 0.156 e. The molecule has 0 aromatic heterocycles. The maximum absolute atomic E-state index is 11.3. The van der Waals surface area contributed by atoms with Gasteiger partial charge in [-0.2, -0.15) is 0 Å². The highest BCUT2D eigenvalue weighted by molar-refractivity contribution is 5.89. The summed E-state index contributed by atoms with van der Waals surface area (Å²) < 4.78 is 0. The molecule has 86 valence electrons. The molecular weight excluding hydrogens is 186 g/mol. The molecule has 0 saturated carbocycles. The average molecular weight is 209 g/mol. The Morgan fingerprint density at radius 3 is 2.87 bits per heavy atom. The van der Waals surface area contributed by atoms with Crippen molar-refractivity contribution >= 4 is 5.78 Å². The minimum absolute atomic E-state index is 0.211. The Labute approximate surface area is 93.5 Å². The van der Waals surface area contributed by atoms with Gasteiger partial charge in [0.2, 0.25) is 0 Å². The Kier molecular flexibility index (Phi) is 10.5. The van der Waals surface area contributed by atoms with Crippen molar-refractivity contribution in [2.75, 3.05) is 13.1 Å². The van der Waals surface area contributed by atoms with Crippen molar-refractivity contribution in [1.82, 2.24) is 5.32 Å². The highest BCUT2D eigenvalue weighted by Crippen LogP contribution is 1.99. The van der Waals surface area contributed by atoms with Crippen LogP contribution in [-0.2, 0) is 4.79 Å². The van der Waals surface area contributed by atoms with E-state index in [9.17, 15) is 4.79 Å². The van der Waals surface area contributed by atoms with Gasteiger partial charge in [0.15, 0.2) is 5.78 Å². The molecule has 0 atom stereocenters. The SMILES string of the molecule is C=CCNCCC(=O)C=CCCCCC. The lowest BCUT2D eigenvalue weighted by molar-refractivity contribution is -0.114. The van der Waals surface area contributed by atoms with E-state index in [0.29, 0.717) is 6.42 Å². The van der Waals surface area contributed by atoms with Crippen LogP contribution in [0.2, 0.25) is 0 Å². The van der Waals surface area contributed by atoms with Gasteiger partial charge in [-0.25, -0.2) is 0 Å². The van der Waals surface area contributed by atoms with Crippen molar-refractivity contribution in [3.63, 3.8) is 0 Å². The van der Waals surface area contributed by atoms with Gasteiger partial charge in [-0.05, 0) is 18.9 Å². The Morgan fingerprint density at radius 1 is 1.40 bits per heavy atom. The lowest BCUT2D eigenvalue weighted by atomic mass is 10.2. The van der Waals surface area contributed by atoms with E-state index in [-0.39, 0.29) is 5.78 Å². The molecule has 0 heterocycles. The number of carbonyl (C=O) groups is 1. The van der Waals surface area contributed by atoms with Crippen LogP contribution in [0, 0.1) is 0 Å². The summed E-state index contributed by atoms with van der Waals surface area (Å²) in [7, 11) is 0. The van der Waals surface area contributed by atoms with Crippen molar-refractivity contribution in [3.05, 3.63) is 24.8 Å². The number of rotatable bonds is 10. The molecule has 0 aliphatic heterocycles. The first kappa shape index (κ1) is 14.1. The summed E-state index contributed by atoms with van der Waals surface area (Å²) >= 11 is 0. The second kappa shape index (κ2) is 11.2.